The Hall–Kier alpha value is -2.92. The van der Waals surface area contributed by atoms with Gasteiger partial charge in [0.15, 0.2) is 0 Å². The van der Waals surface area contributed by atoms with Gasteiger partial charge < -0.3 is 0 Å². The van der Waals surface area contributed by atoms with Crippen molar-refractivity contribution in [3.63, 3.8) is 0 Å². The fourth-order valence-corrected chi connectivity index (χ4v) is 2.89. The SMILES string of the molecule is CCc1ccc(-c2ccc(CCc3ccc(C#N)c(F)c3)cc2)cc1. The van der Waals surface area contributed by atoms with E-state index in [1.807, 2.05) is 12.1 Å². The zero-order chi connectivity index (χ0) is 17.6. The molecular weight excluding hydrogens is 309 g/mol. The van der Waals surface area contributed by atoms with E-state index in [0.717, 1.165) is 24.8 Å². The number of rotatable bonds is 5. The van der Waals surface area contributed by atoms with Crippen molar-refractivity contribution in [2.24, 2.45) is 0 Å². The van der Waals surface area contributed by atoms with Crippen molar-refractivity contribution >= 4 is 0 Å². The van der Waals surface area contributed by atoms with E-state index in [9.17, 15) is 4.39 Å². The van der Waals surface area contributed by atoms with Crippen LogP contribution in [0.5, 0.6) is 0 Å². The van der Waals surface area contributed by atoms with E-state index in [0.29, 0.717) is 0 Å². The molecule has 0 unspecified atom stereocenters. The van der Waals surface area contributed by atoms with Crippen LogP contribution in [-0.4, -0.2) is 0 Å². The third-order valence-electron chi connectivity index (χ3n) is 4.51. The number of halogens is 1. The van der Waals surface area contributed by atoms with E-state index in [-0.39, 0.29) is 5.56 Å². The molecule has 3 aromatic rings. The van der Waals surface area contributed by atoms with E-state index >= 15 is 0 Å². The summed E-state index contributed by atoms with van der Waals surface area (Å²) in [4.78, 5) is 0. The van der Waals surface area contributed by atoms with Crippen LogP contribution in [0.1, 0.15) is 29.2 Å². The van der Waals surface area contributed by atoms with Gasteiger partial charge >= 0.3 is 0 Å². The third kappa shape index (κ3) is 4.14. The molecule has 2 heteroatoms. The minimum atomic E-state index is -0.439. The summed E-state index contributed by atoms with van der Waals surface area (Å²) in [6.07, 6.45) is 2.66. The van der Waals surface area contributed by atoms with Gasteiger partial charge in [-0.05, 0) is 59.2 Å². The molecule has 3 aromatic carbocycles. The molecule has 0 fully saturated rings. The van der Waals surface area contributed by atoms with Crippen LogP contribution < -0.4 is 0 Å². The lowest BCUT2D eigenvalue weighted by Crippen LogP contribution is -1.94. The summed E-state index contributed by atoms with van der Waals surface area (Å²) >= 11 is 0. The minimum Gasteiger partial charge on any atom is -0.206 e. The van der Waals surface area contributed by atoms with Gasteiger partial charge in [-0.25, -0.2) is 4.39 Å². The first-order valence-electron chi connectivity index (χ1n) is 8.56. The summed E-state index contributed by atoms with van der Waals surface area (Å²) in [5.74, 6) is -0.439. The van der Waals surface area contributed by atoms with Crippen molar-refractivity contribution in [1.29, 1.82) is 5.26 Å². The fraction of sp³-hybridized carbons (Fsp3) is 0.174. The summed E-state index contributed by atoms with van der Waals surface area (Å²) in [7, 11) is 0. The van der Waals surface area contributed by atoms with E-state index in [4.69, 9.17) is 5.26 Å². The molecule has 0 amide bonds. The van der Waals surface area contributed by atoms with Crippen molar-refractivity contribution < 1.29 is 4.39 Å². The number of nitrogens with zero attached hydrogens (tertiary/aromatic N) is 1. The van der Waals surface area contributed by atoms with Crippen molar-refractivity contribution in [3.05, 3.63) is 94.8 Å². The summed E-state index contributed by atoms with van der Waals surface area (Å²) in [6.45, 7) is 2.16. The predicted molar refractivity (Wildman–Crippen MR) is 99.8 cm³/mol. The molecule has 0 aliphatic heterocycles. The molecule has 124 valence electrons. The Balaban J connectivity index is 1.66. The molecule has 25 heavy (non-hydrogen) atoms. The second-order valence-electron chi connectivity index (χ2n) is 6.17. The Bertz CT molecular complexity index is 887. The van der Waals surface area contributed by atoms with Crippen LogP contribution in [0.4, 0.5) is 4.39 Å². The van der Waals surface area contributed by atoms with Crippen LogP contribution in [0.2, 0.25) is 0 Å². The zero-order valence-corrected chi connectivity index (χ0v) is 14.3. The first-order valence-corrected chi connectivity index (χ1v) is 8.56. The van der Waals surface area contributed by atoms with Gasteiger partial charge in [0.2, 0.25) is 0 Å². The highest BCUT2D eigenvalue weighted by Crippen LogP contribution is 2.21. The number of hydrogen-bond acceptors (Lipinski definition) is 1. The Labute approximate surface area is 148 Å². The highest BCUT2D eigenvalue weighted by molar-refractivity contribution is 5.64. The molecular formula is C23H20FN. The van der Waals surface area contributed by atoms with Gasteiger partial charge in [0.05, 0.1) is 5.56 Å². The lowest BCUT2D eigenvalue weighted by molar-refractivity contribution is 0.621. The second-order valence-corrected chi connectivity index (χ2v) is 6.17. The number of nitriles is 1. The Morgan fingerprint density at radius 3 is 1.80 bits per heavy atom. The molecule has 0 aliphatic rings. The summed E-state index contributed by atoms with van der Waals surface area (Å²) in [6, 6.07) is 23.9. The quantitative estimate of drug-likeness (QED) is 0.588. The topological polar surface area (TPSA) is 23.8 Å². The van der Waals surface area contributed by atoms with Crippen molar-refractivity contribution in [1.82, 2.24) is 0 Å². The predicted octanol–water partition coefficient (Wildman–Crippen LogP) is 5.71. The lowest BCUT2D eigenvalue weighted by Gasteiger charge is -2.06. The first kappa shape index (κ1) is 16.9. The summed E-state index contributed by atoms with van der Waals surface area (Å²) in [5.41, 5.74) is 6.00. The number of benzene rings is 3. The van der Waals surface area contributed by atoms with Gasteiger partial charge in [-0.1, -0.05) is 61.5 Å². The molecule has 0 N–H and O–H groups in total. The average molecular weight is 329 g/mol. The number of hydrogen-bond donors (Lipinski definition) is 0. The monoisotopic (exact) mass is 329 g/mol. The van der Waals surface area contributed by atoms with E-state index < -0.39 is 5.82 Å². The summed E-state index contributed by atoms with van der Waals surface area (Å²) in [5, 5.41) is 8.78. The molecule has 0 saturated carbocycles. The standard InChI is InChI=1S/C23H20FN/c1-2-17-5-10-20(11-6-17)21-12-7-18(8-13-21)3-4-19-9-14-22(16-25)23(24)15-19/h5-15H,2-4H2,1H3. The van der Waals surface area contributed by atoms with Gasteiger partial charge in [0.1, 0.15) is 11.9 Å². The third-order valence-corrected chi connectivity index (χ3v) is 4.51. The molecule has 0 aliphatic carbocycles. The van der Waals surface area contributed by atoms with E-state index in [1.165, 1.54) is 28.3 Å². The molecule has 0 atom stereocenters. The van der Waals surface area contributed by atoms with Gasteiger partial charge in [-0.2, -0.15) is 5.26 Å². The Morgan fingerprint density at radius 2 is 1.28 bits per heavy atom. The van der Waals surface area contributed by atoms with E-state index in [2.05, 4.69) is 55.5 Å². The van der Waals surface area contributed by atoms with Crippen LogP contribution in [-0.2, 0) is 19.3 Å². The maximum absolute atomic E-state index is 13.6. The van der Waals surface area contributed by atoms with Crippen LogP contribution >= 0.6 is 0 Å². The van der Waals surface area contributed by atoms with Gasteiger partial charge in [-0.3, -0.25) is 0 Å². The van der Waals surface area contributed by atoms with Gasteiger partial charge in [0.25, 0.3) is 0 Å². The van der Waals surface area contributed by atoms with Gasteiger partial charge in [0, 0.05) is 0 Å². The van der Waals surface area contributed by atoms with Crippen molar-refractivity contribution in [2.75, 3.05) is 0 Å². The van der Waals surface area contributed by atoms with E-state index in [1.54, 1.807) is 6.07 Å². The molecule has 3 rings (SSSR count). The molecule has 0 aromatic heterocycles. The fourth-order valence-electron chi connectivity index (χ4n) is 2.89. The summed E-state index contributed by atoms with van der Waals surface area (Å²) < 4.78 is 13.6. The average Bonchev–Trinajstić information content (AvgIpc) is 2.67. The van der Waals surface area contributed by atoms with Crippen LogP contribution in [0.15, 0.2) is 66.7 Å². The van der Waals surface area contributed by atoms with Crippen LogP contribution in [0, 0.1) is 17.1 Å². The minimum absolute atomic E-state index is 0.0993. The number of aryl methyl sites for hydroxylation is 3. The second kappa shape index (κ2) is 7.77. The molecule has 0 radical (unpaired) electrons. The largest absolute Gasteiger partial charge is 0.206 e. The lowest BCUT2D eigenvalue weighted by atomic mass is 9.99. The molecule has 0 heterocycles. The normalized spacial score (nSPS) is 10.4. The van der Waals surface area contributed by atoms with Crippen molar-refractivity contribution in [3.8, 4) is 17.2 Å². The van der Waals surface area contributed by atoms with Crippen molar-refractivity contribution in [2.45, 2.75) is 26.2 Å². The highest BCUT2D eigenvalue weighted by Gasteiger charge is 2.04. The molecule has 0 bridgehead atoms. The zero-order valence-electron chi connectivity index (χ0n) is 14.3. The van der Waals surface area contributed by atoms with Crippen LogP contribution in [0.25, 0.3) is 11.1 Å². The van der Waals surface area contributed by atoms with Crippen LogP contribution in [0.3, 0.4) is 0 Å². The first-order chi connectivity index (χ1) is 12.2. The smallest absolute Gasteiger partial charge is 0.141 e. The highest BCUT2D eigenvalue weighted by atomic mass is 19.1. The molecule has 1 nitrogen and oxygen atoms in total. The molecule has 0 spiro atoms. The molecule has 0 saturated heterocycles. The Kier molecular flexibility index (Phi) is 5.26. The Morgan fingerprint density at radius 1 is 0.760 bits per heavy atom. The maximum atomic E-state index is 13.6. The van der Waals surface area contributed by atoms with Gasteiger partial charge in [-0.15, -0.1) is 0 Å². The maximum Gasteiger partial charge on any atom is 0.141 e.